The number of aliphatic hydroxyl groups is 1. The maximum absolute atomic E-state index is 13.0. The highest BCUT2D eigenvalue weighted by atomic mass is 19.3. The van der Waals surface area contributed by atoms with Gasteiger partial charge in [-0.15, -0.1) is 0 Å². The topological polar surface area (TPSA) is 64.1 Å². The summed E-state index contributed by atoms with van der Waals surface area (Å²) in [5, 5.41) is 8.51. The van der Waals surface area contributed by atoms with E-state index in [-0.39, 0.29) is 0 Å². The number of benzene rings is 1. The van der Waals surface area contributed by atoms with Gasteiger partial charge in [-0.2, -0.15) is 0 Å². The number of hydrogen-bond donors (Lipinski definition) is 2. The van der Waals surface area contributed by atoms with Gasteiger partial charge in [0.15, 0.2) is 0 Å². The van der Waals surface area contributed by atoms with E-state index in [4.69, 9.17) is 10.8 Å². The normalized spacial score (nSPS) is 12.2. The molecule has 1 heterocycles. The van der Waals surface area contributed by atoms with Crippen molar-refractivity contribution in [3.05, 3.63) is 24.5 Å². The van der Waals surface area contributed by atoms with E-state index >= 15 is 0 Å². The summed E-state index contributed by atoms with van der Waals surface area (Å²) < 4.78 is 27.3. The predicted octanol–water partition coefficient (Wildman–Crippen LogP) is 1.25. The van der Waals surface area contributed by atoms with Crippen molar-refractivity contribution in [2.45, 2.75) is 12.5 Å². The quantitative estimate of drug-likeness (QED) is 0.775. The minimum Gasteiger partial charge on any atom is -0.399 e. The van der Waals surface area contributed by atoms with Crippen LogP contribution in [-0.2, 0) is 6.54 Å². The van der Waals surface area contributed by atoms with Crippen LogP contribution in [0.3, 0.4) is 0 Å². The molecule has 2 aromatic rings. The van der Waals surface area contributed by atoms with Crippen LogP contribution >= 0.6 is 0 Å². The Kier molecular flexibility index (Phi) is 2.51. The van der Waals surface area contributed by atoms with E-state index in [0.717, 1.165) is 0 Å². The van der Waals surface area contributed by atoms with Gasteiger partial charge >= 0.3 is 0 Å². The van der Waals surface area contributed by atoms with Crippen molar-refractivity contribution in [1.29, 1.82) is 0 Å². The molecule has 0 unspecified atom stereocenters. The van der Waals surface area contributed by atoms with E-state index in [1.807, 2.05) is 0 Å². The van der Waals surface area contributed by atoms with Gasteiger partial charge in [0.2, 0.25) is 0 Å². The number of nitrogens with zero attached hydrogens (tertiary/aromatic N) is 2. The molecule has 3 N–H and O–H groups in total. The van der Waals surface area contributed by atoms with Crippen molar-refractivity contribution in [2.75, 3.05) is 12.3 Å². The van der Waals surface area contributed by atoms with Gasteiger partial charge in [0.1, 0.15) is 6.61 Å². The average Bonchev–Trinajstić information content (AvgIpc) is 2.60. The molecule has 0 saturated heterocycles. The molecule has 0 aliphatic carbocycles. The lowest BCUT2D eigenvalue weighted by Gasteiger charge is -2.14. The summed E-state index contributed by atoms with van der Waals surface area (Å²) in [7, 11) is 0. The first kappa shape index (κ1) is 10.8. The first-order chi connectivity index (χ1) is 7.52. The number of fused-ring (bicyclic) bond motifs is 1. The maximum Gasteiger partial charge on any atom is 0.288 e. The number of rotatable bonds is 3. The second kappa shape index (κ2) is 3.71. The molecule has 0 aliphatic heterocycles. The number of aliphatic hydroxyl groups excluding tert-OH is 1. The highest BCUT2D eigenvalue weighted by molar-refractivity contribution is 5.78. The Balaban J connectivity index is 2.39. The number of aromatic nitrogens is 2. The second-order valence-corrected chi connectivity index (χ2v) is 3.63. The Morgan fingerprint density at radius 3 is 2.88 bits per heavy atom. The molecule has 16 heavy (non-hydrogen) atoms. The Hall–Kier alpha value is -1.69. The fourth-order valence-electron chi connectivity index (χ4n) is 1.51. The van der Waals surface area contributed by atoms with Crippen LogP contribution in [0.5, 0.6) is 0 Å². The molecule has 1 aromatic heterocycles. The van der Waals surface area contributed by atoms with Crippen molar-refractivity contribution in [3.8, 4) is 0 Å². The molecule has 0 aliphatic rings. The third-order valence-corrected chi connectivity index (χ3v) is 2.28. The van der Waals surface area contributed by atoms with Crippen LogP contribution in [0.25, 0.3) is 11.0 Å². The van der Waals surface area contributed by atoms with Crippen LogP contribution < -0.4 is 5.73 Å². The molecule has 1 aromatic carbocycles. The van der Waals surface area contributed by atoms with Gasteiger partial charge in [-0.25, -0.2) is 13.8 Å². The van der Waals surface area contributed by atoms with Crippen molar-refractivity contribution < 1.29 is 13.9 Å². The van der Waals surface area contributed by atoms with E-state index in [1.54, 1.807) is 18.2 Å². The van der Waals surface area contributed by atoms with Crippen molar-refractivity contribution in [1.82, 2.24) is 9.55 Å². The Bertz CT molecular complexity index is 510. The molecule has 0 saturated carbocycles. The van der Waals surface area contributed by atoms with E-state index in [1.165, 1.54) is 10.9 Å². The van der Waals surface area contributed by atoms with Gasteiger partial charge in [0.05, 0.1) is 23.9 Å². The van der Waals surface area contributed by atoms with Crippen LogP contribution in [0.4, 0.5) is 14.5 Å². The number of imidazole rings is 1. The van der Waals surface area contributed by atoms with Crippen LogP contribution in [0.15, 0.2) is 24.5 Å². The maximum atomic E-state index is 13.0. The van der Waals surface area contributed by atoms with Crippen LogP contribution in [0, 0.1) is 0 Å². The molecule has 0 spiro atoms. The minimum atomic E-state index is -3.14. The molecule has 4 nitrogen and oxygen atoms in total. The van der Waals surface area contributed by atoms with Crippen molar-refractivity contribution >= 4 is 16.7 Å². The number of hydrogen-bond acceptors (Lipinski definition) is 3. The Morgan fingerprint density at radius 1 is 1.44 bits per heavy atom. The Morgan fingerprint density at radius 2 is 2.19 bits per heavy atom. The van der Waals surface area contributed by atoms with E-state index in [2.05, 4.69) is 4.98 Å². The highest BCUT2D eigenvalue weighted by Crippen LogP contribution is 2.21. The second-order valence-electron chi connectivity index (χ2n) is 3.63. The predicted molar refractivity (Wildman–Crippen MR) is 56.2 cm³/mol. The Labute approximate surface area is 90.3 Å². The zero-order valence-corrected chi connectivity index (χ0v) is 8.40. The molecule has 0 amide bonds. The summed E-state index contributed by atoms with van der Waals surface area (Å²) >= 11 is 0. The molecular weight excluding hydrogens is 216 g/mol. The van der Waals surface area contributed by atoms with Crippen molar-refractivity contribution in [2.24, 2.45) is 0 Å². The number of halogens is 2. The first-order valence-corrected chi connectivity index (χ1v) is 4.71. The molecule has 86 valence electrons. The summed E-state index contributed by atoms with van der Waals surface area (Å²) in [6.45, 7) is -1.77. The first-order valence-electron chi connectivity index (χ1n) is 4.71. The zero-order chi connectivity index (χ0) is 11.8. The zero-order valence-electron chi connectivity index (χ0n) is 8.40. The SMILES string of the molecule is Nc1ccc2c(c1)ncn2CC(F)(F)CO. The molecule has 0 fully saturated rings. The number of anilines is 1. The number of nitrogens with two attached hydrogens (primary N) is 1. The number of alkyl halides is 2. The van der Waals surface area contributed by atoms with E-state index < -0.39 is 19.1 Å². The van der Waals surface area contributed by atoms with E-state index in [0.29, 0.717) is 16.7 Å². The van der Waals surface area contributed by atoms with Gasteiger partial charge < -0.3 is 15.4 Å². The lowest BCUT2D eigenvalue weighted by atomic mass is 10.2. The lowest BCUT2D eigenvalue weighted by molar-refractivity contribution is -0.0621. The molecule has 0 bridgehead atoms. The summed E-state index contributed by atoms with van der Waals surface area (Å²) in [6.07, 6.45) is 1.31. The average molecular weight is 227 g/mol. The largest absolute Gasteiger partial charge is 0.399 e. The molecular formula is C10H11F2N3O. The van der Waals surface area contributed by atoms with Gasteiger partial charge in [0.25, 0.3) is 5.92 Å². The summed E-state index contributed by atoms with van der Waals surface area (Å²) in [5.74, 6) is -3.14. The monoisotopic (exact) mass is 227 g/mol. The van der Waals surface area contributed by atoms with Gasteiger partial charge in [0, 0.05) is 5.69 Å². The fourth-order valence-corrected chi connectivity index (χ4v) is 1.51. The smallest absolute Gasteiger partial charge is 0.288 e. The minimum absolute atomic E-state index is 0.534. The molecule has 0 radical (unpaired) electrons. The summed E-state index contributed by atoms with van der Waals surface area (Å²) in [6, 6.07) is 4.87. The third-order valence-electron chi connectivity index (χ3n) is 2.28. The van der Waals surface area contributed by atoms with Gasteiger partial charge in [-0.1, -0.05) is 0 Å². The standard InChI is InChI=1S/C10H11F2N3O/c11-10(12,5-16)4-15-6-14-8-3-7(13)1-2-9(8)15/h1-3,6,16H,4-5,13H2. The summed E-state index contributed by atoms with van der Waals surface area (Å²) in [4.78, 5) is 3.97. The number of nitrogen functional groups attached to an aromatic ring is 1. The molecule has 6 heteroatoms. The van der Waals surface area contributed by atoms with Gasteiger partial charge in [-0.3, -0.25) is 0 Å². The van der Waals surface area contributed by atoms with Crippen molar-refractivity contribution in [3.63, 3.8) is 0 Å². The summed E-state index contributed by atoms with van der Waals surface area (Å²) in [5.41, 5.74) is 7.22. The van der Waals surface area contributed by atoms with Gasteiger partial charge in [-0.05, 0) is 18.2 Å². The lowest BCUT2D eigenvalue weighted by Crippen LogP contribution is -2.27. The van der Waals surface area contributed by atoms with Crippen LogP contribution in [0.2, 0.25) is 0 Å². The molecule has 0 atom stereocenters. The van der Waals surface area contributed by atoms with Crippen LogP contribution in [0.1, 0.15) is 0 Å². The fraction of sp³-hybridized carbons (Fsp3) is 0.300. The molecule has 2 rings (SSSR count). The third kappa shape index (κ3) is 1.96. The van der Waals surface area contributed by atoms with E-state index in [9.17, 15) is 8.78 Å². The highest BCUT2D eigenvalue weighted by Gasteiger charge is 2.28. The van der Waals surface area contributed by atoms with Crippen LogP contribution in [-0.4, -0.2) is 27.2 Å².